The van der Waals surface area contributed by atoms with Crippen LogP contribution in [0, 0.1) is 6.92 Å². The lowest BCUT2D eigenvalue weighted by molar-refractivity contribution is -0.137. The van der Waals surface area contributed by atoms with Crippen molar-refractivity contribution in [2.75, 3.05) is 19.7 Å². The van der Waals surface area contributed by atoms with Gasteiger partial charge in [-0.05, 0) is 43.2 Å². The number of phenols is 1. The Morgan fingerprint density at radius 2 is 2.03 bits per heavy atom. The fourth-order valence-corrected chi connectivity index (χ4v) is 3.87. The van der Waals surface area contributed by atoms with E-state index in [2.05, 4.69) is 9.97 Å². The Morgan fingerprint density at radius 3 is 2.71 bits per heavy atom. The number of nitrogens with zero attached hydrogens (tertiary/aromatic N) is 3. The standard InChI is InChI=1S/C21H20F3N3O4/c1-11-8-13(21(22,23)24)9-15(29)18(11)14-3-4-16-19(25-14)26-20(31-16)12-2-5-17(30)27(10-12)6-7-28/h3-4,8-9,12,28-29H,2,5-7,10H2,1H3. The number of amides is 1. The van der Waals surface area contributed by atoms with Gasteiger partial charge in [-0.15, -0.1) is 0 Å². The zero-order valence-corrected chi connectivity index (χ0v) is 16.6. The highest BCUT2D eigenvalue weighted by atomic mass is 19.4. The van der Waals surface area contributed by atoms with Crippen molar-refractivity contribution >= 4 is 17.1 Å². The van der Waals surface area contributed by atoms with E-state index in [0.29, 0.717) is 36.9 Å². The molecule has 1 unspecified atom stereocenters. The molecule has 10 heteroatoms. The maximum absolute atomic E-state index is 13.0. The number of hydrogen-bond acceptors (Lipinski definition) is 6. The second kappa shape index (κ2) is 7.84. The van der Waals surface area contributed by atoms with Gasteiger partial charge in [0.15, 0.2) is 11.2 Å². The molecule has 0 bridgehead atoms. The van der Waals surface area contributed by atoms with E-state index in [0.717, 1.165) is 6.07 Å². The number of piperidine rings is 1. The zero-order chi connectivity index (χ0) is 22.3. The van der Waals surface area contributed by atoms with Gasteiger partial charge in [0.2, 0.25) is 11.8 Å². The highest BCUT2D eigenvalue weighted by Crippen LogP contribution is 2.39. The van der Waals surface area contributed by atoms with Crippen molar-refractivity contribution in [1.82, 2.24) is 14.9 Å². The number of aliphatic hydroxyl groups is 1. The van der Waals surface area contributed by atoms with Gasteiger partial charge in [0.25, 0.3) is 0 Å². The average Bonchev–Trinajstić information content (AvgIpc) is 3.12. The number of aryl methyl sites for hydroxylation is 1. The fourth-order valence-electron chi connectivity index (χ4n) is 3.87. The summed E-state index contributed by atoms with van der Waals surface area (Å²) in [4.78, 5) is 22.3. The predicted octanol–water partition coefficient (Wildman–Crippen LogP) is 3.62. The van der Waals surface area contributed by atoms with Gasteiger partial charge < -0.3 is 19.5 Å². The second-order valence-corrected chi connectivity index (χ2v) is 7.55. The number of hydrogen-bond donors (Lipinski definition) is 2. The number of benzene rings is 1. The van der Waals surface area contributed by atoms with Crippen LogP contribution < -0.4 is 0 Å². The van der Waals surface area contributed by atoms with E-state index in [1.165, 1.54) is 6.92 Å². The SMILES string of the molecule is Cc1cc(C(F)(F)F)cc(O)c1-c1ccc2oc(C3CCC(=O)N(CCO)C3)nc2n1. The van der Waals surface area contributed by atoms with Crippen LogP contribution in [0.2, 0.25) is 0 Å². The molecule has 31 heavy (non-hydrogen) atoms. The summed E-state index contributed by atoms with van der Waals surface area (Å²) in [5.41, 5.74) is 0.419. The van der Waals surface area contributed by atoms with Gasteiger partial charge in [0.05, 0.1) is 23.8 Å². The van der Waals surface area contributed by atoms with Crippen molar-refractivity contribution < 1.29 is 32.6 Å². The molecule has 1 aliphatic heterocycles. The highest BCUT2D eigenvalue weighted by Gasteiger charge is 2.32. The molecular weight excluding hydrogens is 415 g/mol. The minimum atomic E-state index is -4.57. The molecule has 2 N–H and O–H groups in total. The summed E-state index contributed by atoms with van der Waals surface area (Å²) in [6.07, 6.45) is -3.69. The summed E-state index contributed by atoms with van der Waals surface area (Å²) in [6.45, 7) is 1.95. The second-order valence-electron chi connectivity index (χ2n) is 7.55. The van der Waals surface area contributed by atoms with Crippen LogP contribution in [0.1, 0.15) is 35.8 Å². The van der Waals surface area contributed by atoms with Crippen LogP contribution in [0.5, 0.6) is 5.75 Å². The topological polar surface area (TPSA) is 99.7 Å². The summed E-state index contributed by atoms with van der Waals surface area (Å²) < 4.78 is 44.7. The molecule has 7 nitrogen and oxygen atoms in total. The number of oxazole rings is 1. The van der Waals surface area contributed by atoms with Gasteiger partial charge in [0, 0.05) is 25.1 Å². The Balaban J connectivity index is 1.67. The Labute approximate surface area is 175 Å². The largest absolute Gasteiger partial charge is 0.507 e. The van der Waals surface area contributed by atoms with E-state index in [1.54, 1.807) is 17.0 Å². The van der Waals surface area contributed by atoms with Crippen molar-refractivity contribution in [3.05, 3.63) is 41.3 Å². The van der Waals surface area contributed by atoms with Gasteiger partial charge in [0.1, 0.15) is 5.75 Å². The van der Waals surface area contributed by atoms with Crippen molar-refractivity contribution in [1.29, 1.82) is 0 Å². The summed E-state index contributed by atoms with van der Waals surface area (Å²) in [5, 5.41) is 19.4. The minimum Gasteiger partial charge on any atom is -0.507 e. The van der Waals surface area contributed by atoms with Gasteiger partial charge in [-0.1, -0.05) is 0 Å². The summed E-state index contributed by atoms with van der Waals surface area (Å²) in [7, 11) is 0. The van der Waals surface area contributed by atoms with E-state index in [-0.39, 0.29) is 47.4 Å². The molecule has 1 fully saturated rings. The number of fused-ring (bicyclic) bond motifs is 1. The molecule has 164 valence electrons. The van der Waals surface area contributed by atoms with Gasteiger partial charge in [-0.25, -0.2) is 4.98 Å². The number of likely N-dealkylation sites (tertiary alicyclic amines) is 1. The Kier molecular flexibility index (Phi) is 5.34. The van der Waals surface area contributed by atoms with Crippen LogP contribution in [0.25, 0.3) is 22.5 Å². The molecule has 1 amide bonds. The Bertz CT molecular complexity index is 1120. The number of carbonyl (C=O) groups is 1. The molecule has 0 spiro atoms. The third-order valence-corrected chi connectivity index (χ3v) is 5.39. The van der Waals surface area contributed by atoms with Crippen LogP contribution in [-0.2, 0) is 11.0 Å². The summed E-state index contributed by atoms with van der Waals surface area (Å²) >= 11 is 0. The van der Waals surface area contributed by atoms with Crippen LogP contribution in [0.4, 0.5) is 13.2 Å². The molecule has 3 heterocycles. The van der Waals surface area contributed by atoms with Crippen molar-refractivity contribution in [2.45, 2.75) is 31.9 Å². The first-order valence-electron chi connectivity index (χ1n) is 9.74. The highest BCUT2D eigenvalue weighted by molar-refractivity contribution is 5.78. The number of aromatic nitrogens is 2. The van der Waals surface area contributed by atoms with Crippen LogP contribution in [0.15, 0.2) is 28.7 Å². The van der Waals surface area contributed by atoms with E-state index < -0.39 is 17.5 Å². The summed E-state index contributed by atoms with van der Waals surface area (Å²) in [6, 6.07) is 4.79. The lowest BCUT2D eigenvalue weighted by Crippen LogP contribution is -2.40. The molecular formula is C21H20F3N3O4. The molecule has 3 aromatic rings. The third kappa shape index (κ3) is 4.07. The lowest BCUT2D eigenvalue weighted by atomic mass is 9.97. The molecule has 4 rings (SSSR count). The van der Waals surface area contributed by atoms with Gasteiger partial charge >= 0.3 is 6.18 Å². The third-order valence-electron chi connectivity index (χ3n) is 5.39. The number of halogens is 3. The summed E-state index contributed by atoms with van der Waals surface area (Å²) in [5.74, 6) is -0.296. The number of alkyl halides is 3. The zero-order valence-electron chi connectivity index (χ0n) is 16.6. The monoisotopic (exact) mass is 435 g/mol. The van der Waals surface area contributed by atoms with Crippen molar-refractivity contribution in [3.8, 4) is 17.0 Å². The maximum Gasteiger partial charge on any atom is 0.416 e. The first kappa shape index (κ1) is 21.1. The smallest absolute Gasteiger partial charge is 0.416 e. The predicted molar refractivity (Wildman–Crippen MR) is 104 cm³/mol. The van der Waals surface area contributed by atoms with E-state index in [1.807, 2.05) is 0 Å². The number of aliphatic hydroxyl groups excluding tert-OH is 1. The molecule has 1 saturated heterocycles. The Hall–Kier alpha value is -3.14. The number of aromatic hydroxyl groups is 1. The van der Waals surface area contributed by atoms with Crippen LogP contribution in [0.3, 0.4) is 0 Å². The first-order valence-corrected chi connectivity index (χ1v) is 9.74. The molecule has 0 saturated carbocycles. The average molecular weight is 435 g/mol. The molecule has 0 radical (unpaired) electrons. The number of β-amino-alcohol motifs (C(OH)–C–C–N with tert-alkyl or cyclic N) is 1. The fraction of sp³-hybridized carbons (Fsp3) is 0.381. The molecule has 1 aromatic carbocycles. The first-order chi connectivity index (χ1) is 14.7. The molecule has 1 aliphatic rings. The molecule has 2 aromatic heterocycles. The minimum absolute atomic E-state index is 0.0323. The van der Waals surface area contributed by atoms with E-state index in [4.69, 9.17) is 9.52 Å². The Morgan fingerprint density at radius 1 is 1.26 bits per heavy atom. The van der Waals surface area contributed by atoms with E-state index in [9.17, 15) is 23.1 Å². The quantitative estimate of drug-likeness (QED) is 0.649. The number of carbonyl (C=O) groups excluding carboxylic acids is 1. The van der Waals surface area contributed by atoms with Gasteiger partial charge in [-0.3, -0.25) is 4.79 Å². The number of phenolic OH excluding ortho intramolecular Hbond substituents is 1. The van der Waals surface area contributed by atoms with Crippen LogP contribution in [-0.4, -0.2) is 50.7 Å². The molecule has 1 atom stereocenters. The number of pyridine rings is 1. The van der Waals surface area contributed by atoms with Crippen LogP contribution >= 0.6 is 0 Å². The van der Waals surface area contributed by atoms with Crippen molar-refractivity contribution in [2.24, 2.45) is 0 Å². The normalized spacial score (nSPS) is 17.5. The van der Waals surface area contributed by atoms with Crippen molar-refractivity contribution in [3.63, 3.8) is 0 Å². The van der Waals surface area contributed by atoms with Gasteiger partial charge in [-0.2, -0.15) is 18.2 Å². The lowest BCUT2D eigenvalue weighted by Gasteiger charge is -2.30. The number of rotatable bonds is 4. The maximum atomic E-state index is 13.0. The van der Waals surface area contributed by atoms with E-state index >= 15 is 0 Å². The molecule has 0 aliphatic carbocycles.